The molecule has 0 unspecified atom stereocenters. The van der Waals surface area contributed by atoms with E-state index in [2.05, 4.69) is 19.1 Å². The first-order valence-electron chi connectivity index (χ1n) is 9.88. The van der Waals surface area contributed by atoms with E-state index in [0.29, 0.717) is 6.42 Å². The molecule has 0 fully saturated rings. The fraction of sp³-hybridized carbons (Fsp3) is 0.762. The molecule has 0 amide bonds. The molecule has 0 atom stereocenters. The third-order valence-electron chi connectivity index (χ3n) is 4.17. The number of hydrogen-bond donors (Lipinski definition) is 0. The number of halogens is 3. The van der Waals surface area contributed by atoms with E-state index in [1.165, 1.54) is 57.8 Å². The van der Waals surface area contributed by atoms with E-state index >= 15 is 0 Å². The average Bonchev–Trinajstić information content (AvgIpc) is 2.56. The number of hydrogen-bond acceptors (Lipinski definition) is 1. The first-order valence-corrected chi connectivity index (χ1v) is 9.88. The Kier molecular flexibility index (Phi) is 15.7. The predicted octanol–water partition coefficient (Wildman–Crippen LogP) is 7.71. The third kappa shape index (κ3) is 17.6. The Bertz CT molecular complexity index is 370. The SMILES string of the molecule is CCCCCCCCCCC/C=C\C/C=C\CCCC(=O)C(F)(F)F. The fourth-order valence-corrected chi connectivity index (χ4v) is 2.60. The fourth-order valence-electron chi connectivity index (χ4n) is 2.60. The molecule has 0 bridgehead atoms. The molecule has 0 aliphatic rings. The van der Waals surface area contributed by atoms with Crippen molar-refractivity contribution in [2.45, 2.75) is 103 Å². The van der Waals surface area contributed by atoms with Crippen LogP contribution in [0.15, 0.2) is 24.3 Å². The zero-order valence-corrected chi connectivity index (χ0v) is 15.8. The van der Waals surface area contributed by atoms with Crippen LogP contribution in [0.5, 0.6) is 0 Å². The summed E-state index contributed by atoms with van der Waals surface area (Å²) in [5.41, 5.74) is 0. The second-order valence-electron chi connectivity index (χ2n) is 6.61. The minimum absolute atomic E-state index is 0.261. The highest BCUT2D eigenvalue weighted by Crippen LogP contribution is 2.19. The molecule has 0 saturated carbocycles. The summed E-state index contributed by atoms with van der Waals surface area (Å²) in [6.45, 7) is 2.24. The number of unbranched alkanes of at least 4 members (excludes halogenated alkanes) is 10. The Morgan fingerprint density at radius 3 is 1.72 bits per heavy atom. The summed E-state index contributed by atoms with van der Waals surface area (Å²) in [7, 11) is 0. The molecular weight excluding hydrogens is 325 g/mol. The van der Waals surface area contributed by atoms with Crippen molar-refractivity contribution >= 4 is 5.78 Å². The number of carbonyl (C=O) groups is 1. The molecule has 0 saturated heterocycles. The van der Waals surface area contributed by atoms with Gasteiger partial charge in [0.2, 0.25) is 5.78 Å². The van der Waals surface area contributed by atoms with Gasteiger partial charge >= 0.3 is 6.18 Å². The van der Waals surface area contributed by atoms with Crippen LogP contribution in [0.25, 0.3) is 0 Å². The van der Waals surface area contributed by atoms with Crippen molar-refractivity contribution in [2.75, 3.05) is 0 Å². The maximum atomic E-state index is 12.0. The van der Waals surface area contributed by atoms with Gasteiger partial charge in [-0.15, -0.1) is 0 Å². The van der Waals surface area contributed by atoms with Crippen LogP contribution in [-0.4, -0.2) is 12.0 Å². The smallest absolute Gasteiger partial charge is 0.290 e. The molecular formula is C21H35F3O. The van der Waals surface area contributed by atoms with Crippen LogP contribution in [0.2, 0.25) is 0 Å². The van der Waals surface area contributed by atoms with E-state index in [9.17, 15) is 18.0 Å². The quantitative estimate of drug-likeness (QED) is 0.203. The topological polar surface area (TPSA) is 17.1 Å². The van der Waals surface area contributed by atoms with Crippen molar-refractivity contribution in [1.82, 2.24) is 0 Å². The average molecular weight is 361 g/mol. The van der Waals surface area contributed by atoms with Gasteiger partial charge in [-0.25, -0.2) is 0 Å². The van der Waals surface area contributed by atoms with Crippen LogP contribution in [0.4, 0.5) is 13.2 Å². The summed E-state index contributed by atoms with van der Waals surface area (Å²) < 4.78 is 35.9. The molecule has 0 N–H and O–H groups in total. The number of carbonyl (C=O) groups excluding carboxylic acids is 1. The molecule has 0 aliphatic heterocycles. The first-order chi connectivity index (χ1) is 12.0. The van der Waals surface area contributed by atoms with Gasteiger partial charge in [-0.1, -0.05) is 82.6 Å². The summed E-state index contributed by atoms with van der Waals surface area (Å²) >= 11 is 0. The molecule has 25 heavy (non-hydrogen) atoms. The van der Waals surface area contributed by atoms with Gasteiger partial charge in [0.05, 0.1) is 0 Å². The summed E-state index contributed by atoms with van der Waals surface area (Å²) in [5.74, 6) is -1.62. The standard InChI is InChI=1S/C21H35F3O/c1-2-3-4-5-6-7-8-9-10-11-12-13-14-15-16-17-18-19-20(25)21(22,23)24/h12-13,15-16H,2-11,14,17-19H2,1H3/b13-12-,16-15-. The van der Waals surface area contributed by atoms with Gasteiger partial charge in [-0.3, -0.25) is 4.79 Å². The minimum Gasteiger partial charge on any atom is -0.290 e. The number of rotatable bonds is 16. The van der Waals surface area contributed by atoms with Crippen molar-refractivity contribution in [3.63, 3.8) is 0 Å². The normalized spacial score (nSPS) is 12.5. The second kappa shape index (κ2) is 16.4. The van der Waals surface area contributed by atoms with Gasteiger partial charge in [-0.2, -0.15) is 13.2 Å². The van der Waals surface area contributed by atoms with Crippen molar-refractivity contribution in [2.24, 2.45) is 0 Å². The van der Waals surface area contributed by atoms with Crippen LogP contribution in [0, 0.1) is 0 Å². The molecule has 0 heterocycles. The van der Waals surface area contributed by atoms with Gasteiger partial charge in [0, 0.05) is 6.42 Å². The Balaban J connectivity index is 3.34. The van der Waals surface area contributed by atoms with E-state index in [1.54, 1.807) is 0 Å². The van der Waals surface area contributed by atoms with Crippen molar-refractivity contribution in [1.29, 1.82) is 0 Å². The molecule has 0 rings (SSSR count). The lowest BCUT2D eigenvalue weighted by atomic mass is 10.1. The van der Waals surface area contributed by atoms with Crippen LogP contribution in [0.1, 0.15) is 96.8 Å². The molecule has 0 radical (unpaired) electrons. The Labute approximate surface area is 151 Å². The van der Waals surface area contributed by atoms with E-state index in [0.717, 1.165) is 12.8 Å². The van der Waals surface area contributed by atoms with Crippen molar-refractivity contribution in [3.8, 4) is 0 Å². The monoisotopic (exact) mass is 360 g/mol. The van der Waals surface area contributed by atoms with E-state index < -0.39 is 18.4 Å². The maximum Gasteiger partial charge on any atom is 0.449 e. The molecule has 0 spiro atoms. The van der Waals surface area contributed by atoms with Crippen LogP contribution in [0.3, 0.4) is 0 Å². The predicted molar refractivity (Wildman–Crippen MR) is 99.7 cm³/mol. The van der Waals surface area contributed by atoms with Gasteiger partial charge in [0.1, 0.15) is 0 Å². The van der Waals surface area contributed by atoms with E-state index in [-0.39, 0.29) is 6.42 Å². The molecule has 0 aromatic rings. The third-order valence-corrected chi connectivity index (χ3v) is 4.17. The number of allylic oxidation sites excluding steroid dienone is 4. The number of alkyl halides is 3. The van der Waals surface area contributed by atoms with Crippen LogP contribution < -0.4 is 0 Å². The van der Waals surface area contributed by atoms with Gasteiger partial charge in [-0.05, 0) is 32.1 Å². The highest BCUT2D eigenvalue weighted by atomic mass is 19.4. The van der Waals surface area contributed by atoms with E-state index in [4.69, 9.17) is 0 Å². The summed E-state index contributed by atoms with van der Waals surface area (Å²) in [5, 5.41) is 0. The lowest BCUT2D eigenvalue weighted by molar-refractivity contribution is -0.171. The highest BCUT2D eigenvalue weighted by molar-refractivity contribution is 5.83. The molecule has 1 nitrogen and oxygen atoms in total. The number of Topliss-reactive ketones (excluding diaryl/α,β-unsaturated/α-hetero) is 1. The van der Waals surface area contributed by atoms with Crippen LogP contribution >= 0.6 is 0 Å². The van der Waals surface area contributed by atoms with Crippen molar-refractivity contribution in [3.05, 3.63) is 24.3 Å². The Hall–Kier alpha value is -1.06. The summed E-state index contributed by atoms with van der Waals surface area (Å²) in [6, 6.07) is 0. The molecule has 4 heteroatoms. The number of ketones is 1. The molecule has 146 valence electrons. The van der Waals surface area contributed by atoms with Gasteiger partial charge < -0.3 is 0 Å². The molecule has 0 aromatic heterocycles. The largest absolute Gasteiger partial charge is 0.449 e. The Morgan fingerprint density at radius 1 is 0.720 bits per heavy atom. The van der Waals surface area contributed by atoms with E-state index in [1.807, 2.05) is 12.2 Å². The van der Waals surface area contributed by atoms with Crippen LogP contribution in [-0.2, 0) is 4.79 Å². The first kappa shape index (κ1) is 23.9. The Morgan fingerprint density at radius 2 is 1.20 bits per heavy atom. The van der Waals surface area contributed by atoms with Gasteiger partial charge in [0.15, 0.2) is 0 Å². The lowest BCUT2D eigenvalue weighted by Crippen LogP contribution is -2.22. The molecule has 0 aromatic carbocycles. The zero-order valence-electron chi connectivity index (χ0n) is 15.8. The summed E-state index contributed by atoms with van der Waals surface area (Å²) in [4.78, 5) is 10.7. The van der Waals surface area contributed by atoms with Crippen molar-refractivity contribution < 1.29 is 18.0 Å². The lowest BCUT2D eigenvalue weighted by Gasteiger charge is -2.02. The molecule has 0 aliphatic carbocycles. The zero-order chi connectivity index (χ0) is 18.8. The second-order valence-corrected chi connectivity index (χ2v) is 6.61. The van der Waals surface area contributed by atoms with Gasteiger partial charge in [0.25, 0.3) is 0 Å². The highest BCUT2D eigenvalue weighted by Gasteiger charge is 2.36. The minimum atomic E-state index is -4.68. The maximum absolute atomic E-state index is 12.0. The summed E-state index contributed by atoms with van der Waals surface area (Å²) in [6.07, 6.45) is 17.7.